The van der Waals surface area contributed by atoms with Crippen LogP contribution in [0.5, 0.6) is 0 Å². The average molecular weight is 248 g/mol. The molecule has 0 amide bonds. The zero-order valence-corrected chi connectivity index (χ0v) is 10.4. The van der Waals surface area contributed by atoms with Crippen LogP contribution < -0.4 is 0 Å². The van der Waals surface area contributed by atoms with E-state index in [0.29, 0.717) is 5.69 Å². The molecule has 2 rings (SSSR count). The molecule has 0 aliphatic rings. The molecule has 2 nitrogen and oxygen atoms in total. The number of halogens is 1. The predicted octanol–water partition coefficient (Wildman–Crippen LogP) is 3.66. The van der Waals surface area contributed by atoms with Gasteiger partial charge in [-0.05, 0) is 42.2 Å². The van der Waals surface area contributed by atoms with E-state index >= 15 is 0 Å². The molecule has 0 unspecified atom stereocenters. The molecule has 0 aliphatic heterocycles. The molecule has 1 heterocycles. The van der Waals surface area contributed by atoms with Crippen molar-refractivity contribution < 1.29 is 4.79 Å². The quantitative estimate of drug-likeness (QED) is 0.822. The number of aromatic amines is 1. The number of carbonyl (C=O) groups excluding carboxylic acids is 1. The van der Waals surface area contributed by atoms with Crippen LogP contribution in [0.4, 0.5) is 0 Å². The summed E-state index contributed by atoms with van der Waals surface area (Å²) in [6.07, 6.45) is 3.77. The summed E-state index contributed by atoms with van der Waals surface area (Å²) in [6, 6.07) is 9.77. The van der Waals surface area contributed by atoms with Gasteiger partial charge in [0.25, 0.3) is 0 Å². The van der Waals surface area contributed by atoms with Crippen LogP contribution >= 0.6 is 11.6 Å². The Morgan fingerprint density at radius 2 is 1.82 bits per heavy atom. The zero-order chi connectivity index (χ0) is 12.3. The monoisotopic (exact) mass is 247 g/mol. The molecule has 0 bridgehead atoms. The van der Waals surface area contributed by atoms with Crippen molar-refractivity contribution >= 4 is 17.4 Å². The van der Waals surface area contributed by atoms with E-state index in [9.17, 15) is 4.79 Å². The summed E-state index contributed by atoms with van der Waals surface area (Å²) < 4.78 is 0. The minimum Gasteiger partial charge on any atom is -0.359 e. The number of aromatic nitrogens is 1. The van der Waals surface area contributed by atoms with E-state index in [2.05, 4.69) is 4.98 Å². The number of hydrogen-bond acceptors (Lipinski definition) is 1. The smallest absolute Gasteiger partial charge is 0.175 e. The Hall–Kier alpha value is -1.54. The van der Waals surface area contributed by atoms with Gasteiger partial charge in [-0.3, -0.25) is 4.79 Å². The van der Waals surface area contributed by atoms with Gasteiger partial charge in [0.15, 0.2) is 5.78 Å². The summed E-state index contributed by atoms with van der Waals surface area (Å²) in [5, 5.41) is 0.759. The Balaban J connectivity index is 1.97. The van der Waals surface area contributed by atoms with E-state index in [1.807, 2.05) is 36.5 Å². The molecule has 3 heteroatoms. The summed E-state index contributed by atoms with van der Waals surface area (Å²) in [6.45, 7) is 1.56. The third-order valence-corrected chi connectivity index (χ3v) is 2.99. The highest BCUT2D eigenvalue weighted by atomic mass is 35.5. The van der Waals surface area contributed by atoms with Crippen LogP contribution in [0.2, 0.25) is 5.02 Å². The van der Waals surface area contributed by atoms with Crippen molar-refractivity contribution in [3.8, 4) is 0 Å². The molecule has 1 N–H and O–H groups in total. The standard InChI is InChI=1S/C14H14ClNO/c1-10(17)14-8-12(9-16-14)3-2-11-4-6-13(15)7-5-11/h4-9,16H,2-3H2,1H3. The van der Waals surface area contributed by atoms with Crippen molar-refractivity contribution in [2.24, 2.45) is 0 Å². The normalized spacial score (nSPS) is 10.5. The summed E-state index contributed by atoms with van der Waals surface area (Å²) in [5.41, 5.74) is 3.08. The van der Waals surface area contributed by atoms with Gasteiger partial charge in [-0.1, -0.05) is 23.7 Å². The van der Waals surface area contributed by atoms with Crippen LogP contribution in [-0.4, -0.2) is 10.8 Å². The summed E-state index contributed by atoms with van der Waals surface area (Å²) in [7, 11) is 0. The van der Waals surface area contributed by atoms with Crippen molar-refractivity contribution in [1.29, 1.82) is 0 Å². The van der Waals surface area contributed by atoms with E-state index in [0.717, 1.165) is 23.4 Å². The second-order valence-electron chi connectivity index (χ2n) is 4.10. The lowest BCUT2D eigenvalue weighted by atomic mass is 10.1. The Morgan fingerprint density at radius 3 is 2.41 bits per heavy atom. The van der Waals surface area contributed by atoms with Crippen molar-refractivity contribution in [1.82, 2.24) is 4.98 Å². The van der Waals surface area contributed by atoms with Gasteiger partial charge >= 0.3 is 0 Å². The van der Waals surface area contributed by atoms with E-state index in [1.165, 1.54) is 5.56 Å². The Morgan fingerprint density at radius 1 is 1.18 bits per heavy atom. The predicted molar refractivity (Wildman–Crippen MR) is 69.7 cm³/mol. The first-order chi connectivity index (χ1) is 8.15. The van der Waals surface area contributed by atoms with Gasteiger partial charge in [-0.2, -0.15) is 0 Å². The van der Waals surface area contributed by atoms with Crippen LogP contribution in [0.3, 0.4) is 0 Å². The molecule has 0 aliphatic carbocycles. The Kier molecular flexibility index (Phi) is 3.64. The molecule has 2 aromatic rings. The van der Waals surface area contributed by atoms with Crippen molar-refractivity contribution in [2.75, 3.05) is 0 Å². The minimum atomic E-state index is 0.0720. The first kappa shape index (κ1) is 11.9. The summed E-state index contributed by atoms with van der Waals surface area (Å²) >= 11 is 5.82. The molecular weight excluding hydrogens is 234 g/mol. The van der Waals surface area contributed by atoms with Gasteiger partial charge in [0.1, 0.15) is 0 Å². The number of H-pyrrole nitrogens is 1. The second-order valence-corrected chi connectivity index (χ2v) is 4.54. The highest BCUT2D eigenvalue weighted by molar-refractivity contribution is 6.30. The third-order valence-electron chi connectivity index (χ3n) is 2.74. The lowest BCUT2D eigenvalue weighted by Crippen LogP contribution is -1.91. The van der Waals surface area contributed by atoms with Gasteiger partial charge in [-0.15, -0.1) is 0 Å². The van der Waals surface area contributed by atoms with E-state index in [1.54, 1.807) is 6.92 Å². The van der Waals surface area contributed by atoms with Gasteiger partial charge in [0.05, 0.1) is 5.69 Å². The highest BCUT2D eigenvalue weighted by Gasteiger charge is 2.03. The highest BCUT2D eigenvalue weighted by Crippen LogP contribution is 2.13. The molecule has 17 heavy (non-hydrogen) atoms. The van der Waals surface area contributed by atoms with Gasteiger partial charge in [-0.25, -0.2) is 0 Å². The van der Waals surface area contributed by atoms with Gasteiger partial charge < -0.3 is 4.98 Å². The fraction of sp³-hybridized carbons (Fsp3) is 0.214. The zero-order valence-electron chi connectivity index (χ0n) is 9.66. The van der Waals surface area contributed by atoms with Gasteiger partial charge in [0, 0.05) is 18.1 Å². The van der Waals surface area contributed by atoms with Crippen LogP contribution in [-0.2, 0) is 12.8 Å². The SMILES string of the molecule is CC(=O)c1cc(CCc2ccc(Cl)cc2)c[nH]1. The first-order valence-electron chi connectivity index (χ1n) is 5.58. The molecule has 0 saturated carbocycles. The second kappa shape index (κ2) is 5.19. The topological polar surface area (TPSA) is 32.9 Å². The van der Waals surface area contributed by atoms with E-state index in [4.69, 9.17) is 11.6 Å². The number of aryl methyl sites for hydroxylation is 2. The number of carbonyl (C=O) groups is 1. The number of ketones is 1. The maximum Gasteiger partial charge on any atom is 0.175 e. The largest absolute Gasteiger partial charge is 0.359 e. The lowest BCUT2D eigenvalue weighted by molar-refractivity contribution is 0.101. The number of nitrogens with one attached hydrogen (secondary N) is 1. The fourth-order valence-corrected chi connectivity index (χ4v) is 1.85. The van der Waals surface area contributed by atoms with E-state index in [-0.39, 0.29) is 5.78 Å². The number of hydrogen-bond donors (Lipinski definition) is 1. The molecule has 0 saturated heterocycles. The first-order valence-corrected chi connectivity index (χ1v) is 5.95. The van der Waals surface area contributed by atoms with E-state index < -0.39 is 0 Å². The maximum absolute atomic E-state index is 11.1. The Labute approximate surface area is 106 Å². The molecule has 88 valence electrons. The van der Waals surface area contributed by atoms with Crippen LogP contribution in [0.15, 0.2) is 36.5 Å². The third kappa shape index (κ3) is 3.21. The van der Waals surface area contributed by atoms with Gasteiger partial charge in [0.2, 0.25) is 0 Å². The summed E-state index contributed by atoms with van der Waals surface area (Å²) in [4.78, 5) is 14.1. The van der Waals surface area contributed by atoms with Crippen LogP contribution in [0.1, 0.15) is 28.5 Å². The van der Waals surface area contributed by atoms with Crippen LogP contribution in [0, 0.1) is 0 Å². The van der Waals surface area contributed by atoms with Crippen molar-refractivity contribution in [3.63, 3.8) is 0 Å². The molecule has 0 spiro atoms. The molecule has 1 aromatic heterocycles. The molecule has 1 aromatic carbocycles. The summed E-state index contributed by atoms with van der Waals surface area (Å²) in [5.74, 6) is 0.0720. The number of Topliss-reactive ketones (excluding diaryl/α,β-unsaturated/α-hetero) is 1. The maximum atomic E-state index is 11.1. The number of rotatable bonds is 4. The molecule has 0 atom stereocenters. The van der Waals surface area contributed by atoms with Crippen LogP contribution in [0.25, 0.3) is 0 Å². The Bertz CT molecular complexity index is 513. The molecular formula is C14H14ClNO. The fourth-order valence-electron chi connectivity index (χ4n) is 1.73. The average Bonchev–Trinajstić information content (AvgIpc) is 2.77. The minimum absolute atomic E-state index is 0.0720. The molecule has 0 fully saturated rings. The van der Waals surface area contributed by atoms with Crippen molar-refractivity contribution in [3.05, 3.63) is 58.4 Å². The van der Waals surface area contributed by atoms with Crippen molar-refractivity contribution in [2.45, 2.75) is 19.8 Å². The number of benzene rings is 1. The lowest BCUT2D eigenvalue weighted by Gasteiger charge is -1.99. The molecule has 0 radical (unpaired) electrons.